The molecule has 150 valence electrons. The van der Waals surface area contributed by atoms with Crippen LogP contribution in [0, 0.1) is 6.92 Å². The summed E-state index contributed by atoms with van der Waals surface area (Å²) in [6.45, 7) is 4.64. The van der Waals surface area contributed by atoms with Crippen LogP contribution in [0.1, 0.15) is 30.5 Å². The topological polar surface area (TPSA) is 80.4 Å². The molecular formula is C19H20F3N3O3. The third-order valence-corrected chi connectivity index (χ3v) is 4.56. The third-order valence-electron chi connectivity index (χ3n) is 4.56. The molecule has 0 fully saturated rings. The van der Waals surface area contributed by atoms with Crippen molar-refractivity contribution in [3.63, 3.8) is 0 Å². The number of fused-ring (bicyclic) bond motifs is 1. The Labute approximate surface area is 159 Å². The van der Waals surface area contributed by atoms with Gasteiger partial charge in [-0.1, -0.05) is 0 Å². The lowest BCUT2D eigenvalue weighted by atomic mass is 9.99. The van der Waals surface area contributed by atoms with Gasteiger partial charge in [-0.05, 0) is 44.5 Å². The van der Waals surface area contributed by atoms with Crippen LogP contribution in [0.25, 0.3) is 22.6 Å². The highest BCUT2D eigenvalue weighted by Crippen LogP contribution is 2.40. The molecule has 0 amide bonds. The predicted octanol–water partition coefficient (Wildman–Crippen LogP) is 3.90. The van der Waals surface area contributed by atoms with Gasteiger partial charge in [0.05, 0.1) is 29.4 Å². The van der Waals surface area contributed by atoms with Crippen molar-refractivity contribution in [3.8, 4) is 23.0 Å². The molecule has 2 N–H and O–H groups in total. The largest absolute Gasteiger partial charge is 0.507 e. The summed E-state index contributed by atoms with van der Waals surface area (Å²) in [7, 11) is 3.07. The van der Waals surface area contributed by atoms with Crippen LogP contribution in [0.4, 0.5) is 13.2 Å². The molecule has 2 heterocycles. The summed E-state index contributed by atoms with van der Waals surface area (Å²) in [4.78, 5) is 8.68. The molecule has 9 heteroatoms. The van der Waals surface area contributed by atoms with Gasteiger partial charge >= 0.3 is 6.18 Å². The molecule has 0 aliphatic carbocycles. The van der Waals surface area contributed by atoms with E-state index in [1.54, 1.807) is 31.5 Å². The van der Waals surface area contributed by atoms with E-state index in [4.69, 9.17) is 4.74 Å². The van der Waals surface area contributed by atoms with Crippen molar-refractivity contribution in [1.82, 2.24) is 14.5 Å². The van der Waals surface area contributed by atoms with Gasteiger partial charge in [0.15, 0.2) is 5.65 Å². The second-order valence-corrected chi connectivity index (χ2v) is 7.13. The van der Waals surface area contributed by atoms with Gasteiger partial charge in [-0.25, -0.2) is 4.98 Å². The number of alkyl halides is 3. The average molecular weight is 395 g/mol. The van der Waals surface area contributed by atoms with Crippen LogP contribution in [-0.2, 0) is 18.8 Å². The fourth-order valence-electron chi connectivity index (χ4n) is 3.14. The molecular weight excluding hydrogens is 375 g/mol. The first-order valence-electron chi connectivity index (χ1n) is 8.40. The van der Waals surface area contributed by atoms with E-state index >= 15 is 0 Å². The summed E-state index contributed by atoms with van der Waals surface area (Å²) in [5, 5.41) is 20.7. The Kier molecular flexibility index (Phi) is 4.54. The van der Waals surface area contributed by atoms with Crippen molar-refractivity contribution in [1.29, 1.82) is 0 Å². The van der Waals surface area contributed by atoms with Crippen molar-refractivity contribution < 1.29 is 28.1 Å². The Balaban J connectivity index is 2.27. The maximum Gasteiger partial charge on any atom is 0.416 e. The Bertz CT molecular complexity index is 1040. The van der Waals surface area contributed by atoms with E-state index in [0.717, 1.165) is 6.07 Å². The second kappa shape index (κ2) is 6.37. The lowest BCUT2D eigenvalue weighted by Crippen LogP contribution is -2.17. The van der Waals surface area contributed by atoms with E-state index in [2.05, 4.69) is 9.97 Å². The quantitative estimate of drug-likeness (QED) is 0.703. The first-order valence-corrected chi connectivity index (χ1v) is 8.40. The van der Waals surface area contributed by atoms with Crippen molar-refractivity contribution in [2.24, 2.45) is 7.05 Å². The number of aromatic hydroxyl groups is 1. The summed E-state index contributed by atoms with van der Waals surface area (Å²) < 4.78 is 45.8. The number of phenols is 1. The zero-order valence-corrected chi connectivity index (χ0v) is 16.0. The van der Waals surface area contributed by atoms with E-state index in [0.29, 0.717) is 17.1 Å². The predicted molar refractivity (Wildman–Crippen MR) is 97.1 cm³/mol. The van der Waals surface area contributed by atoms with Crippen LogP contribution < -0.4 is 4.74 Å². The molecule has 0 saturated heterocycles. The lowest BCUT2D eigenvalue weighted by Gasteiger charge is -2.20. The lowest BCUT2D eigenvalue weighted by molar-refractivity contribution is -0.137. The number of pyridine rings is 1. The van der Waals surface area contributed by atoms with Crippen LogP contribution in [0.2, 0.25) is 0 Å². The third kappa shape index (κ3) is 3.26. The Morgan fingerprint density at radius 2 is 1.75 bits per heavy atom. The molecule has 28 heavy (non-hydrogen) atoms. The molecule has 0 aliphatic heterocycles. The SMILES string of the molecule is COc1nc2nc(-c3c(C)cc(C(F)(F)F)cc3O)n(C)c2cc1C(C)(C)O. The highest BCUT2D eigenvalue weighted by Gasteiger charge is 2.33. The van der Waals surface area contributed by atoms with Crippen molar-refractivity contribution in [3.05, 3.63) is 34.9 Å². The number of hydrogen-bond donors (Lipinski definition) is 2. The minimum Gasteiger partial charge on any atom is -0.507 e. The smallest absolute Gasteiger partial charge is 0.416 e. The number of aromatic nitrogens is 3. The Morgan fingerprint density at radius 1 is 1.11 bits per heavy atom. The number of rotatable bonds is 3. The standard InChI is InChI=1S/C19H20F3N3O3/c1-9-6-10(19(20,21)22)7-13(26)14(9)16-23-15-12(25(16)4)8-11(18(2,3)27)17(24-15)28-5/h6-8,26-27H,1-5H3. The zero-order valence-electron chi connectivity index (χ0n) is 16.0. The fraction of sp³-hybridized carbons (Fsp3) is 0.368. The molecule has 0 bridgehead atoms. The summed E-state index contributed by atoms with van der Waals surface area (Å²) in [5.74, 6) is -0.0837. The van der Waals surface area contributed by atoms with Gasteiger partial charge in [0, 0.05) is 12.6 Å². The van der Waals surface area contributed by atoms with Crippen molar-refractivity contribution >= 4 is 11.2 Å². The van der Waals surface area contributed by atoms with Crippen LogP contribution in [0.5, 0.6) is 11.6 Å². The number of imidazole rings is 1. The van der Waals surface area contributed by atoms with Gasteiger partial charge in [0.1, 0.15) is 11.6 Å². The molecule has 0 unspecified atom stereocenters. The van der Waals surface area contributed by atoms with Crippen LogP contribution in [0.3, 0.4) is 0 Å². The zero-order chi connectivity index (χ0) is 21.0. The number of halogens is 3. The Hall–Kier alpha value is -2.81. The van der Waals surface area contributed by atoms with Crippen molar-refractivity contribution in [2.75, 3.05) is 7.11 Å². The number of hydrogen-bond acceptors (Lipinski definition) is 5. The van der Waals surface area contributed by atoms with E-state index < -0.39 is 23.1 Å². The molecule has 1 aromatic carbocycles. The monoisotopic (exact) mass is 395 g/mol. The van der Waals surface area contributed by atoms with E-state index in [1.807, 2.05) is 0 Å². The normalized spacial score (nSPS) is 12.6. The van der Waals surface area contributed by atoms with Crippen LogP contribution in [-0.4, -0.2) is 31.9 Å². The van der Waals surface area contributed by atoms with Gasteiger partial charge in [-0.15, -0.1) is 0 Å². The number of methoxy groups -OCH3 is 1. The maximum atomic E-state index is 13.0. The molecule has 2 aromatic heterocycles. The summed E-state index contributed by atoms with van der Waals surface area (Å²) in [5.41, 5.74) is -0.520. The minimum absolute atomic E-state index is 0.178. The van der Waals surface area contributed by atoms with Gasteiger partial charge in [-0.3, -0.25) is 0 Å². The molecule has 0 spiro atoms. The number of ether oxygens (including phenoxy) is 1. The first kappa shape index (κ1) is 19.9. The molecule has 6 nitrogen and oxygen atoms in total. The Morgan fingerprint density at radius 3 is 2.25 bits per heavy atom. The molecule has 3 rings (SSSR count). The number of aryl methyl sites for hydroxylation is 2. The van der Waals surface area contributed by atoms with E-state index in [1.165, 1.54) is 14.0 Å². The molecule has 0 atom stereocenters. The van der Waals surface area contributed by atoms with Gasteiger partial charge in [0.2, 0.25) is 5.88 Å². The fourth-order valence-corrected chi connectivity index (χ4v) is 3.14. The van der Waals surface area contributed by atoms with E-state index in [9.17, 15) is 23.4 Å². The van der Waals surface area contributed by atoms with Crippen LogP contribution >= 0.6 is 0 Å². The molecule has 3 aromatic rings. The highest BCUT2D eigenvalue weighted by molar-refractivity contribution is 5.81. The maximum absolute atomic E-state index is 13.0. The van der Waals surface area contributed by atoms with Crippen molar-refractivity contribution in [2.45, 2.75) is 32.5 Å². The van der Waals surface area contributed by atoms with Gasteiger partial charge < -0.3 is 19.5 Å². The molecule has 0 aliphatic rings. The van der Waals surface area contributed by atoms with Gasteiger partial charge in [0.25, 0.3) is 0 Å². The summed E-state index contributed by atoms with van der Waals surface area (Å²) in [6.07, 6.45) is -4.57. The van der Waals surface area contributed by atoms with Gasteiger partial charge in [-0.2, -0.15) is 18.2 Å². The van der Waals surface area contributed by atoms with E-state index in [-0.39, 0.29) is 28.5 Å². The number of benzene rings is 1. The first-order chi connectivity index (χ1) is 12.8. The summed E-state index contributed by atoms with van der Waals surface area (Å²) in [6, 6.07) is 3.30. The number of nitrogens with zero attached hydrogens (tertiary/aromatic N) is 3. The van der Waals surface area contributed by atoms with Crippen LogP contribution in [0.15, 0.2) is 18.2 Å². The molecule has 0 radical (unpaired) electrons. The number of aliphatic hydroxyl groups is 1. The molecule has 0 saturated carbocycles. The highest BCUT2D eigenvalue weighted by atomic mass is 19.4. The average Bonchev–Trinajstić information content (AvgIpc) is 2.87. The number of phenolic OH excluding ortho intramolecular Hbond substituents is 1. The minimum atomic E-state index is -4.57. The second-order valence-electron chi connectivity index (χ2n) is 7.13. The summed E-state index contributed by atoms with van der Waals surface area (Å²) >= 11 is 0.